The number of rotatable bonds is 7. The summed E-state index contributed by atoms with van der Waals surface area (Å²) in [6.07, 6.45) is 0. The van der Waals surface area contributed by atoms with Crippen molar-refractivity contribution in [3.05, 3.63) is 64.7 Å². The average Bonchev–Trinajstić information content (AvgIpc) is 2.58. The van der Waals surface area contributed by atoms with Crippen molar-refractivity contribution < 1.29 is 21.7 Å². The zero-order valence-electron chi connectivity index (χ0n) is 16.6. The third-order valence-corrected chi connectivity index (χ3v) is 5.12. The molecule has 0 aliphatic rings. The van der Waals surface area contributed by atoms with Crippen LogP contribution in [0.3, 0.4) is 0 Å². The third kappa shape index (κ3) is 5.58. The Balaban J connectivity index is 0.00000338. The van der Waals surface area contributed by atoms with Crippen molar-refractivity contribution in [1.29, 1.82) is 0 Å². The lowest BCUT2D eigenvalue weighted by Crippen LogP contribution is -3.00. The number of carbonyl (C=O) groups is 1. The summed E-state index contributed by atoms with van der Waals surface area (Å²) < 4.78 is 0.764. The van der Waals surface area contributed by atoms with Gasteiger partial charge in [0.15, 0.2) is 6.54 Å². The Hall–Kier alpha value is -1.84. The van der Waals surface area contributed by atoms with Crippen LogP contribution in [-0.2, 0) is 11.3 Å². The van der Waals surface area contributed by atoms with Crippen LogP contribution in [-0.4, -0.2) is 30.0 Å². The van der Waals surface area contributed by atoms with E-state index in [0.717, 1.165) is 40.9 Å². The molecular formula is C22H31ClN2O. The Morgan fingerprint density at radius 2 is 1.50 bits per heavy atom. The summed E-state index contributed by atoms with van der Waals surface area (Å²) in [5.41, 5.74) is 5.71. The van der Waals surface area contributed by atoms with Gasteiger partial charge in [-0.05, 0) is 45.7 Å². The van der Waals surface area contributed by atoms with Crippen LogP contribution in [0, 0.1) is 20.8 Å². The van der Waals surface area contributed by atoms with Crippen LogP contribution in [0.1, 0.15) is 36.1 Å². The van der Waals surface area contributed by atoms with Crippen LogP contribution < -0.4 is 17.7 Å². The Kier molecular flexibility index (Phi) is 8.32. The molecule has 0 aliphatic carbocycles. The first kappa shape index (κ1) is 22.2. The Labute approximate surface area is 164 Å². The number of anilines is 1. The van der Waals surface area contributed by atoms with Gasteiger partial charge >= 0.3 is 0 Å². The molecule has 3 nitrogen and oxygen atoms in total. The van der Waals surface area contributed by atoms with Crippen molar-refractivity contribution >= 4 is 11.6 Å². The zero-order valence-corrected chi connectivity index (χ0v) is 17.4. The highest BCUT2D eigenvalue weighted by atomic mass is 35.5. The van der Waals surface area contributed by atoms with E-state index in [1.165, 1.54) is 11.1 Å². The Bertz CT molecular complexity index is 701. The number of nitrogens with zero attached hydrogens (tertiary/aromatic N) is 1. The first-order valence-corrected chi connectivity index (χ1v) is 9.16. The maximum Gasteiger partial charge on any atom is 0.279 e. The minimum absolute atomic E-state index is 0. The second kappa shape index (κ2) is 9.75. The molecule has 1 amide bonds. The zero-order chi connectivity index (χ0) is 18.4. The van der Waals surface area contributed by atoms with Crippen LogP contribution in [0.25, 0.3) is 0 Å². The highest BCUT2D eigenvalue weighted by Crippen LogP contribution is 2.22. The molecule has 142 valence electrons. The second-order valence-electron chi connectivity index (χ2n) is 7.10. The molecule has 0 unspecified atom stereocenters. The summed E-state index contributed by atoms with van der Waals surface area (Å²) >= 11 is 0. The SMILES string of the molecule is CC[N+](CC)(CC(=O)Nc1c(C)cc(C)cc1C)Cc1ccccc1.[Cl-]. The average molecular weight is 375 g/mol. The minimum Gasteiger partial charge on any atom is -1.00 e. The predicted octanol–water partition coefficient (Wildman–Crippen LogP) is 1.61. The lowest BCUT2D eigenvalue weighted by molar-refractivity contribution is -0.930. The van der Waals surface area contributed by atoms with Crippen LogP contribution in [0.4, 0.5) is 5.69 Å². The van der Waals surface area contributed by atoms with E-state index in [-0.39, 0.29) is 18.3 Å². The molecule has 0 atom stereocenters. The number of likely N-dealkylation sites (N-methyl/N-ethyl adjacent to an activating group) is 1. The second-order valence-corrected chi connectivity index (χ2v) is 7.10. The summed E-state index contributed by atoms with van der Waals surface area (Å²) in [4.78, 5) is 12.8. The fourth-order valence-electron chi connectivity index (χ4n) is 3.56. The molecule has 4 heteroatoms. The Morgan fingerprint density at radius 3 is 2.00 bits per heavy atom. The first-order valence-electron chi connectivity index (χ1n) is 9.16. The maximum atomic E-state index is 12.8. The van der Waals surface area contributed by atoms with Crippen molar-refractivity contribution in [1.82, 2.24) is 0 Å². The van der Waals surface area contributed by atoms with E-state index in [0.29, 0.717) is 6.54 Å². The van der Waals surface area contributed by atoms with E-state index < -0.39 is 0 Å². The molecule has 0 bridgehead atoms. The Morgan fingerprint density at radius 1 is 0.962 bits per heavy atom. The van der Waals surface area contributed by atoms with E-state index >= 15 is 0 Å². The topological polar surface area (TPSA) is 29.1 Å². The molecule has 0 aliphatic heterocycles. The summed E-state index contributed by atoms with van der Waals surface area (Å²) in [5.74, 6) is 0.0923. The summed E-state index contributed by atoms with van der Waals surface area (Å²) in [7, 11) is 0. The lowest BCUT2D eigenvalue weighted by atomic mass is 10.1. The number of aryl methyl sites for hydroxylation is 3. The monoisotopic (exact) mass is 374 g/mol. The van der Waals surface area contributed by atoms with Crippen molar-refractivity contribution in [3.8, 4) is 0 Å². The van der Waals surface area contributed by atoms with Crippen molar-refractivity contribution in [2.45, 2.75) is 41.2 Å². The molecular weight excluding hydrogens is 344 g/mol. The van der Waals surface area contributed by atoms with E-state index in [9.17, 15) is 4.79 Å². The van der Waals surface area contributed by atoms with Gasteiger partial charge in [-0.2, -0.15) is 0 Å². The molecule has 26 heavy (non-hydrogen) atoms. The van der Waals surface area contributed by atoms with Crippen LogP contribution in [0.2, 0.25) is 0 Å². The smallest absolute Gasteiger partial charge is 0.279 e. The van der Waals surface area contributed by atoms with Crippen molar-refractivity contribution in [3.63, 3.8) is 0 Å². The van der Waals surface area contributed by atoms with Crippen LogP contribution in [0.15, 0.2) is 42.5 Å². The molecule has 0 saturated heterocycles. The van der Waals surface area contributed by atoms with Gasteiger partial charge < -0.3 is 22.2 Å². The third-order valence-electron chi connectivity index (χ3n) is 5.12. The van der Waals surface area contributed by atoms with Crippen LogP contribution in [0.5, 0.6) is 0 Å². The number of hydrogen-bond acceptors (Lipinski definition) is 1. The molecule has 2 rings (SSSR count). The molecule has 0 saturated carbocycles. The number of nitrogens with one attached hydrogen (secondary N) is 1. The molecule has 0 fully saturated rings. The standard InChI is InChI=1S/C22H30N2O.ClH/c1-6-24(7-2,15-20-11-9-8-10-12-20)16-21(25)23-22-18(4)13-17(3)14-19(22)5;/h8-14H,6-7,15-16H2,1-5H3;1H. The van der Waals surface area contributed by atoms with Crippen LogP contribution >= 0.6 is 0 Å². The highest BCUT2D eigenvalue weighted by Gasteiger charge is 2.27. The number of carbonyl (C=O) groups excluding carboxylic acids is 1. The quantitative estimate of drug-likeness (QED) is 0.733. The number of halogens is 1. The van der Waals surface area contributed by atoms with Gasteiger partial charge in [0, 0.05) is 11.3 Å². The predicted molar refractivity (Wildman–Crippen MR) is 106 cm³/mol. The number of benzene rings is 2. The molecule has 2 aromatic rings. The van der Waals surface area contributed by atoms with E-state index in [1.54, 1.807) is 0 Å². The first-order chi connectivity index (χ1) is 11.9. The fraction of sp³-hybridized carbons (Fsp3) is 0.409. The van der Waals surface area contributed by atoms with Gasteiger partial charge in [0.05, 0.1) is 13.1 Å². The largest absolute Gasteiger partial charge is 1.00 e. The van der Waals surface area contributed by atoms with Gasteiger partial charge in [0.25, 0.3) is 5.91 Å². The van der Waals surface area contributed by atoms with Gasteiger partial charge in [0.2, 0.25) is 0 Å². The molecule has 0 aromatic heterocycles. The summed E-state index contributed by atoms with van der Waals surface area (Å²) in [6, 6.07) is 14.7. The molecule has 0 heterocycles. The van der Waals surface area contributed by atoms with Crippen molar-refractivity contribution in [2.24, 2.45) is 0 Å². The number of hydrogen-bond donors (Lipinski definition) is 1. The lowest BCUT2D eigenvalue weighted by Gasteiger charge is -2.36. The minimum atomic E-state index is 0. The van der Waals surface area contributed by atoms with Gasteiger partial charge in [0.1, 0.15) is 6.54 Å². The van der Waals surface area contributed by atoms with Gasteiger partial charge in [-0.15, -0.1) is 0 Å². The van der Waals surface area contributed by atoms with E-state index in [4.69, 9.17) is 0 Å². The number of amides is 1. The van der Waals surface area contributed by atoms with Gasteiger partial charge in [-0.1, -0.05) is 48.0 Å². The summed E-state index contributed by atoms with van der Waals surface area (Å²) in [5, 5.41) is 3.16. The highest BCUT2D eigenvalue weighted by molar-refractivity contribution is 5.93. The maximum absolute atomic E-state index is 12.8. The fourth-order valence-corrected chi connectivity index (χ4v) is 3.56. The molecule has 0 radical (unpaired) electrons. The van der Waals surface area contributed by atoms with Crippen molar-refractivity contribution in [2.75, 3.05) is 25.0 Å². The molecule has 1 N–H and O–H groups in total. The van der Waals surface area contributed by atoms with Gasteiger partial charge in [-0.25, -0.2) is 0 Å². The number of quaternary nitrogens is 1. The molecule has 0 spiro atoms. The van der Waals surface area contributed by atoms with E-state index in [2.05, 4.69) is 76.3 Å². The summed E-state index contributed by atoms with van der Waals surface area (Å²) in [6.45, 7) is 13.8. The van der Waals surface area contributed by atoms with Gasteiger partial charge in [-0.3, -0.25) is 4.79 Å². The van der Waals surface area contributed by atoms with E-state index in [1.807, 2.05) is 6.07 Å². The molecule has 2 aromatic carbocycles. The normalized spacial score (nSPS) is 11.0.